The highest BCUT2D eigenvalue weighted by molar-refractivity contribution is 7.16. The molecule has 0 fully saturated rings. The van der Waals surface area contributed by atoms with E-state index < -0.39 is 0 Å². The van der Waals surface area contributed by atoms with Crippen molar-refractivity contribution < 1.29 is 14.6 Å². The number of ether oxygens (including phenoxy) is 1. The third kappa shape index (κ3) is 3.42. The fourth-order valence-corrected chi connectivity index (χ4v) is 5.13. The Labute approximate surface area is 168 Å². The molecule has 0 saturated heterocycles. The molecule has 3 aromatic rings. The summed E-state index contributed by atoms with van der Waals surface area (Å²) in [5, 5.41) is 13.0. The van der Waals surface area contributed by atoms with Crippen LogP contribution >= 0.6 is 11.3 Å². The van der Waals surface area contributed by atoms with Gasteiger partial charge < -0.3 is 9.84 Å². The van der Waals surface area contributed by atoms with E-state index in [1.807, 2.05) is 37.3 Å². The average Bonchev–Trinajstić information content (AvgIpc) is 3.04. The van der Waals surface area contributed by atoms with Crippen molar-refractivity contribution in [2.75, 3.05) is 6.61 Å². The van der Waals surface area contributed by atoms with Gasteiger partial charge in [-0.25, -0.2) is 9.79 Å². The third-order valence-electron chi connectivity index (χ3n) is 5.23. The summed E-state index contributed by atoms with van der Waals surface area (Å²) in [5.41, 5.74) is 2.35. The lowest BCUT2D eigenvalue weighted by Crippen LogP contribution is -2.13. The topological polar surface area (TPSA) is 58.9 Å². The Kier molecular flexibility index (Phi) is 5.18. The average molecular weight is 394 g/mol. The molecule has 1 aromatic heterocycles. The molecule has 144 valence electrons. The van der Waals surface area contributed by atoms with Gasteiger partial charge in [0, 0.05) is 16.7 Å². The molecule has 1 atom stereocenters. The molecular weight excluding hydrogens is 370 g/mol. The number of hydrogen-bond donors (Lipinski definition) is 1. The first kappa shape index (κ1) is 18.7. The number of phenolic OH excluding ortho intramolecular Hbond substituents is 1. The lowest BCUT2D eigenvalue weighted by atomic mass is 9.88. The van der Waals surface area contributed by atoms with Gasteiger partial charge in [0.1, 0.15) is 10.8 Å². The molecule has 0 saturated carbocycles. The van der Waals surface area contributed by atoms with Crippen LogP contribution in [0.15, 0.2) is 41.4 Å². The molecule has 5 heteroatoms. The van der Waals surface area contributed by atoms with E-state index in [2.05, 4.69) is 11.9 Å². The number of nitrogens with zero attached hydrogens (tertiary/aromatic N) is 1. The number of aromatic hydroxyl groups is 1. The molecule has 4 nitrogen and oxygen atoms in total. The smallest absolute Gasteiger partial charge is 0.341 e. The minimum atomic E-state index is -0.302. The van der Waals surface area contributed by atoms with E-state index in [9.17, 15) is 9.90 Å². The lowest BCUT2D eigenvalue weighted by Gasteiger charge is -2.18. The normalized spacial score (nSPS) is 16.4. The molecule has 0 amide bonds. The molecule has 2 aromatic carbocycles. The predicted octanol–water partition coefficient (Wildman–Crippen LogP) is 5.66. The van der Waals surface area contributed by atoms with Crippen LogP contribution in [0, 0.1) is 5.92 Å². The first-order chi connectivity index (χ1) is 13.6. The largest absolute Gasteiger partial charge is 0.507 e. The zero-order valence-corrected chi connectivity index (χ0v) is 16.9. The second kappa shape index (κ2) is 7.76. The SMILES string of the molecule is CCOC(=O)c1c(N=Cc2c(O)ccc3ccccc23)sc2c1CCC(C)C2. The zero-order chi connectivity index (χ0) is 19.7. The van der Waals surface area contributed by atoms with E-state index in [1.165, 1.54) is 4.88 Å². The molecule has 1 aliphatic carbocycles. The number of phenols is 1. The summed E-state index contributed by atoms with van der Waals surface area (Å²) in [6.45, 7) is 4.40. The maximum atomic E-state index is 12.6. The summed E-state index contributed by atoms with van der Waals surface area (Å²) in [4.78, 5) is 18.5. The number of carbonyl (C=O) groups is 1. The van der Waals surface area contributed by atoms with Crippen LogP contribution in [0.1, 0.15) is 46.6 Å². The van der Waals surface area contributed by atoms with Crippen molar-refractivity contribution in [1.29, 1.82) is 0 Å². The van der Waals surface area contributed by atoms with Gasteiger partial charge in [0.25, 0.3) is 0 Å². The van der Waals surface area contributed by atoms with Gasteiger partial charge in [-0.3, -0.25) is 0 Å². The second-order valence-corrected chi connectivity index (χ2v) is 8.31. The van der Waals surface area contributed by atoms with Crippen molar-refractivity contribution in [2.45, 2.75) is 33.1 Å². The summed E-state index contributed by atoms with van der Waals surface area (Å²) in [5.74, 6) is 0.485. The molecule has 0 bridgehead atoms. The van der Waals surface area contributed by atoms with E-state index in [1.54, 1.807) is 23.6 Å². The van der Waals surface area contributed by atoms with Crippen molar-refractivity contribution in [3.05, 3.63) is 58.0 Å². The number of carbonyl (C=O) groups excluding carboxylic acids is 1. The van der Waals surface area contributed by atoms with Crippen LogP contribution in [0.3, 0.4) is 0 Å². The van der Waals surface area contributed by atoms with Crippen molar-refractivity contribution in [1.82, 2.24) is 0 Å². The van der Waals surface area contributed by atoms with Crippen LogP contribution in [0.4, 0.5) is 5.00 Å². The number of esters is 1. The number of thiophene rings is 1. The van der Waals surface area contributed by atoms with E-state index >= 15 is 0 Å². The van der Waals surface area contributed by atoms with E-state index in [0.29, 0.717) is 28.7 Å². The molecule has 28 heavy (non-hydrogen) atoms. The highest BCUT2D eigenvalue weighted by Gasteiger charge is 2.28. The Morgan fingerprint density at radius 2 is 2.14 bits per heavy atom. The first-order valence-electron chi connectivity index (χ1n) is 9.65. The van der Waals surface area contributed by atoms with E-state index in [4.69, 9.17) is 4.74 Å². The number of hydrogen-bond acceptors (Lipinski definition) is 5. The fourth-order valence-electron chi connectivity index (χ4n) is 3.78. The zero-order valence-electron chi connectivity index (χ0n) is 16.1. The van der Waals surface area contributed by atoms with Gasteiger partial charge in [-0.1, -0.05) is 37.3 Å². The number of aliphatic imine (C=N–C) groups is 1. The molecule has 1 aliphatic rings. The van der Waals surface area contributed by atoms with Crippen molar-refractivity contribution in [3.8, 4) is 5.75 Å². The molecular formula is C23H23NO3S. The van der Waals surface area contributed by atoms with E-state index in [-0.39, 0.29) is 11.7 Å². The summed E-state index contributed by atoms with van der Waals surface area (Å²) in [6.07, 6.45) is 4.60. The Morgan fingerprint density at radius 3 is 2.96 bits per heavy atom. The molecule has 0 radical (unpaired) electrons. The van der Waals surface area contributed by atoms with Gasteiger partial charge in [0.05, 0.1) is 12.2 Å². The maximum Gasteiger partial charge on any atom is 0.341 e. The molecule has 4 rings (SSSR count). The first-order valence-corrected chi connectivity index (χ1v) is 10.5. The Bertz CT molecular complexity index is 1070. The minimum absolute atomic E-state index is 0.176. The highest BCUT2D eigenvalue weighted by Crippen LogP contribution is 2.41. The van der Waals surface area contributed by atoms with Crippen molar-refractivity contribution in [3.63, 3.8) is 0 Å². The van der Waals surface area contributed by atoms with Gasteiger partial charge in [-0.15, -0.1) is 11.3 Å². The van der Waals surface area contributed by atoms with Crippen LogP contribution in [-0.2, 0) is 17.6 Å². The third-order valence-corrected chi connectivity index (χ3v) is 6.39. The predicted molar refractivity (Wildman–Crippen MR) is 114 cm³/mol. The lowest BCUT2D eigenvalue weighted by molar-refractivity contribution is 0.0526. The monoisotopic (exact) mass is 393 g/mol. The summed E-state index contributed by atoms with van der Waals surface area (Å²) in [6, 6.07) is 11.4. The Balaban J connectivity index is 1.80. The van der Waals surface area contributed by atoms with Crippen LogP contribution in [0.5, 0.6) is 5.75 Å². The van der Waals surface area contributed by atoms with Crippen molar-refractivity contribution in [2.24, 2.45) is 10.9 Å². The standard InChI is InChI=1S/C23H23NO3S/c1-3-27-23(26)21-17-10-8-14(2)12-20(17)28-22(21)24-13-18-16-7-5-4-6-15(16)9-11-19(18)25/h4-7,9,11,13-14,25H,3,8,10,12H2,1-2H3. The summed E-state index contributed by atoms with van der Waals surface area (Å²) >= 11 is 1.57. The summed E-state index contributed by atoms with van der Waals surface area (Å²) < 4.78 is 5.31. The summed E-state index contributed by atoms with van der Waals surface area (Å²) in [7, 11) is 0. The molecule has 1 heterocycles. The van der Waals surface area contributed by atoms with Crippen LogP contribution < -0.4 is 0 Å². The van der Waals surface area contributed by atoms with Crippen LogP contribution in [0.2, 0.25) is 0 Å². The van der Waals surface area contributed by atoms with Gasteiger partial charge >= 0.3 is 5.97 Å². The maximum absolute atomic E-state index is 12.6. The molecule has 1 N–H and O–H groups in total. The van der Waals surface area contributed by atoms with Crippen LogP contribution in [0.25, 0.3) is 10.8 Å². The second-order valence-electron chi connectivity index (χ2n) is 7.23. The van der Waals surface area contributed by atoms with Crippen molar-refractivity contribution >= 4 is 39.3 Å². The number of fused-ring (bicyclic) bond motifs is 2. The quantitative estimate of drug-likeness (QED) is 0.460. The van der Waals surface area contributed by atoms with Gasteiger partial charge in [0.2, 0.25) is 0 Å². The highest BCUT2D eigenvalue weighted by atomic mass is 32.1. The minimum Gasteiger partial charge on any atom is -0.507 e. The Hall–Kier alpha value is -2.66. The Morgan fingerprint density at radius 1 is 1.32 bits per heavy atom. The van der Waals surface area contributed by atoms with Crippen LogP contribution in [-0.4, -0.2) is 23.9 Å². The van der Waals surface area contributed by atoms with Gasteiger partial charge in [0.15, 0.2) is 0 Å². The fraction of sp³-hybridized carbons (Fsp3) is 0.304. The molecule has 0 aliphatic heterocycles. The van der Waals surface area contributed by atoms with E-state index in [0.717, 1.165) is 35.6 Å². The molecule has 0 spiro atoms. The number of benzene rings is 2. The number of rotatable bonds is 4. The molecule has 1 unspecified atom stereocenters. The van der Waals surface area contributed by atoms with Gasteiger partial charge in [-0.05, 0) is 54.5 Å². The van der Waals surface area contributed by atoms with Gasteiger partial charge in [-0.2, -0.15) is 0 Å².